The van der Waals surface area contributed by atoms with E-state index in [-0.39, 0.29) is 11.8 Å². The van der Waals surface area contributed by atoms with Gasteiger partial charge in [-0.3, -0.25) is 4.79 Å². The van der Waals surface area contributed by atoms with Crippen molar-refractivity contribution >= 4 is 17.3 Å². The summed E-state index contributed by atoms with van der Waals surface area (Å²) in [6.07, 6.45) is -0.468. The highest BCUT2D eigenvalue weighted by atomic mass is 16.5. The molecule has 1 atom stereocenters. The zero-order valence-corrected chi connectivity index (χ0v) is 11.3. The minimum atomic E-state index is -0.468. The molecular weight excluding hydrogens is 228 g/mol. The SMILES string of the molecule is CC(C)c1cc(N)c2c(c1)NC(=O)C(C(C)C)O2. The Morgan fingerprint density at radius 2 is 1.94 bits per heavy atom. The van der Waals surface area contributed by atoms with Gasteiger partial charge in [0.05, 0.1) is 11.4 Å². The first-order valence-corrected chi connectivity index (χ1v) is 6.31. The fourth-order valence-electron chi connectivity index (χ4n) is 2.06. The van der Waals surface area contributed by atoms with Crippen LogP contribution >= 0.6 is 0 Å². The van der Waals surface area contributed by atoms with Gasteiger partial charge in [0, 0.05) is 0 Å². The van der Waals surface area contributed by atoms with Crippen LogP contribution in [-0.4, -0.2) is 12.0 Å². The normalized spacial score (nSPS) is 18.6. The van der Waals surface area contributed by atoms with Gasteiger partial charge < -0.3 is 15.8 Å². The Labute approximate surface area is 108 Å². The number of hydrogen-bond donors (Lipinski definition) is 2. The van der Waals surface area contributed by atoms with Crippen molar-refractivity contribution in [3.05, 3.63) is 17.7 Å². The average Bonchev–Trinajstić information content (AvgIpc) is 2.27. The number of nitrogens with two attached hydrogens (primary N) is 1. The molecule has 0 saturated heterocycles. The van der Waals surface area contributed by atoms with E-state index in [0.29, 0.717) is 23.0 Å². The summed E-state index contributed by atoms with van der Waals surface area (Å²) >= 11 is 0. The van der Waals surface area contributed by atoms with E-state index in [1.54, 1.807) is 0 Å². The van der Waals surface area contributed by atoms with E-state index in [1.807, 2.05) is 26.0 Å². The highest BCUT2D eigenvalue weighted by Gasteiger charge is 2.31. The summed E-state index contributed by atoms with van der Waals surface area (Å²) in [5.74, 6) is 0.968. The predicted octanol–water partition coefficient (Wildman–Crippen LogP) is 2.75. The minimum absolute atomic E-state index is 0.0993. The molecule has 98 valence electrons. The van der Waals surface area contributed by atoms with Gasteiger partial charge in [-0.25, -0.2) is 0 Å². The van der Waals surface area contributed by atoms with Crippen LogP contribution in [0.3, 0.4) is 0 Å². The third-order valence-electron chi connectivity index (χ3n) is 3.17. The van der Waals surface area contributed by atoms with E-state index in [0.717, 1.165) is 5.56 Å². The molecule has 1 aliphatic rings. The van der Waals surface area contributed by atoms with Crippen molar-refractivity contribution in [3.63, 3.8) is 0 Å². The molecule has 0 spiro atoms. The zero-order chi connectivity index (χ0) is 13.4. The molecule has 18 heavy (non-hydrogen) atoms. The number of carbonyl (C=O) groups is 1. The molecule has 0 bridgehead atoms. The Balaban J connectivity index is 2.43. The molecule has 4 nitrogen and oxygen atoms in total. The maximum absolute atomic E-state index is 11.9. The Morgan fingerprint density at radius 1 is 1.28 bits per heavy atom. The summed E-state index contributed by atoms with van der Waals surface area (Å²) in [7, 11) is 0. The highest BCUT2D eigenvalue weighted by molar-refractivity contribution is 5.99. The van der Waals surface area contributed by atoms with Crippen molar-refractivity contribution in [2.24, 2.45) is 5.92 Å². The molecule has 0 saturated carbocycles. The van der Waals surface area contributed by atoms with Gasteiger partial charge in [0.1, 0.15) is 0 Å². The molecule has 2 rings (SSSR count). The van der Waals surface area contributed by atoms with Crippen LogP contribution in [-0.2, 0) is 4.79 Å². The smallest absolute Gasteiger partial charge is 0.265 e. The number of nitrogen functional groups attached to an aromatic ring is 1. The van der Waals surface area contributed by atoms with Gasteiger partial charge in [-0.1, -0.05) is 27.7 Å². The van der Waals surface area contributed by atoms with Crippen LogP contribution in [0.1, 0.15) is 39.2 Å². The van der Waals surface area contributed by atoms with Crippen LogP contribution in [0.15, 0.2) is 12.1 Å². The lowest BCUT2D eigenvalue weighted by molar-refractivity contribution is -0.125. The molecule has 1 aromatic carbocycles. The summed E-state index contributed by atoms with van der Waals surface area (Å²) in [5, 5.41) is 2.88. The Morgan fingerprint density at radius 3 is 2.50 bits per heavy atom. The van der Waals surface area contributed by atoms with Crippen LogP contribution in [0.5, 0.6) is 5.75 Å². The predicted molar refractivity (Wildman–Crippen MR) is 72.8 cm³/mol. The molecule has 1 unspecified atom stereocenters. The van der Waals surface area contributed by atoms with Crippen molar-refractivity contribution in [1.82, 2.24) is 0 Å². The summed E-state index contributed by atoms with van der Waals surface area (Å²) in [5.41, 5.74) is 8.37. The van der Waals surface area contributed by atoms with Gasteiger partial charge in [0.25, 0.3) is 5.91 Å². The average molecular weight is 248 g/mol. The van der Waals surface area contributed by atoms with Crippen molar-refractivity contribution in [2.75, 3.05) is 11.1 Å². The van der Waals surface area contributed by atoms with E-state index >= 15 is 0 Å². The number of fused-ring (bicyclic) bond motifs is 1. The fourth-order valence-corrected chi connectivity index (χ4v) is 2.06. The van der Waals surface area contributed by atoms with Gasteiger partial charge in [0.2, 0.25) is 0 Å². The Bertz CT molecular complexity index is 481. The molecule has 1 heterocycles. The summed E-state index contributed by atoms with van der Waals surface area (Å²) < 4.78 is 5.73. The molecule has 1 aliphatic heterocycles. The zero-order valence-electron chi connectivity index (χ0n) is 11.3. The van der Waals surface area contributed by atoms with Crippen LogP contribution in [0, 0.1) is 5.92 Å². The number of anilines is 2. The molecule has 0 radical (unpaired) electrons. The van der Waals surface area contributed by atoms with Crippen LogP contribution in [0.25, 0.3) is 0 Å². The fraction of sp³-hybridized carbons (Fsp3) is 0.500. The second kappa shape index (κ2) is 4.52. The Kier molecular flexibility index (Phi) is 3.20. The maximum atomic E-state index is 11.9. The second-order valence-corrected chi connectivity index (χ2v) is 5.41. The van der Waals surface area contributed by atoms with E-state index in [4.69, 9.17) is 10.5 Å². The van der Waals surface area contributed by atoms with E-state index in [9.17, 15) is 4.79 Å². The standard InChI is InChI=1S/C14H20N2O2/c1-7(2)9-5-10(15)13-11(6-9)16-14(17)12(18-13)8(3)4/h5-8,12H,15H2,1-4H3,(H,16,17). The maximum Gasteiger partial charge on any atom is 0.265 e. The third kappa shape index (κ3) is 2.15. The molecular formula is C14H20N2O2. The minimum Gasteiger partial charge on any atom is -0.476 e. The first-order valence-electron chi connectivity index (χ1n) is 6.31. The second-order valence-electron chi connectivity index (χ2n) is 5.41. The number of nitrogens with one attached hydrogen (secondary N) is 1. The number of ether oxygens (including phenoxy) is 1. The van der Waals surface area contributed by atoms with Crippen LogP contribution in [0.4, 0.5) is 11.4 Å². The molecule has 3 N–H and O–H groups in total. The molecule has 4 heteroatoms. The number of benzene rings is 1. The van der Waals surface area contributed by atoms with Crippen molar-refractivity contribution in [2.45, 2.75) is 39.7 Å². The monoisotopic (exact) mass is 248 g/mol. The van der Waals surface area contributed by atoms with Gasteiger partial charge in [-0.2, -0.15) is 0 Å². The van der Waals surface area contributed by atoms with E-state index in [1.165, 1.54) is 0 Å². The number of hydrogen-bond acceptors (Lipinski definition) is 3. The molecule has 0 fully saturated rings. The lowest BCUT2D eigenvalue weighted by Crippen LogP contribution is -2.40. The first kappa shape index (κ1) is 12.7. The number of carbonyl (C=O) groups excluding carboxylic acids is 1. The van der Waals surface area contributed by atoms with Crippen LogP contribution < -0.4 is 15.8 Å². The topological polar surface area (TPSA) is 64.3 Å². The molecule has 1 aromatic rings. The van der Waals surface area contributed by atoms with Gasteiger partial charge in [-0.15, -0.1) is 0 Å². The highest BCUT2D eigenvalue weighted by Crippen LogP contribution is 2.39. The molecule has 0 aromatic heterocycles. The summed E-state index contributed by atoms with van der Waals surface area (Å²) in [4.78, 5) is 11.9. The summed E-state index contributed by atoms with van der Waals surface area (Å²) in [6, 6.07) is 3.85. The van der Waals surface area contributed by atoms with Gasteiger partial charge in [0.15, 0.2) is 11.9 Å². The Hall–Kier alpha value is -1.71. The molecule has 1 amide bonds. The van der Waals surface area contributed by atoms with Gasteiger partial charge >= 0.3 is 0 Å². The summed E-state index contributed by atoms with van der Waals surface area (Å²) in [6.45, 7) is 8.08. The number of amides is 1. The first-order chi connectivity index (χ1) is 8.40. The van der Waals surface area contributed by atoms with Crippen molar-refractivity contribution < 1.29 is 9.53 Å². The van der Waals surface area contributed by atoms with E-state index in [2.05, 4.69) is 19.2 Å². The number of rotatable bonds is 2. The van der Waals surface area contributed by atoms with Gasteiger partial charge in [-0.05, 0) is 29.5 Å². The largest absolute Gasteiger partial charge is 0.476 e. The quantitative estimate of drug-likeness (QED) is 0.791. The lowest BCUT2D eigenvalue weighted by Gasteiger charge is -2.29. The third-order valence-corrected chi connectivity index (χ3v) is 3.17. The molecule has 0 aliphatic carbocycles. The van der Waals surface area contributed by atoms with Crippen molar-refractivity contribution in [1.29, 1.82) is 0 Å². The lowest BCUT2D eigenvalue weighted by atomic mass is 9.99. The van der Waals surface area contributed by atoms with Crippen LogP contribution in [0.2, 0.25) is 0 Å². The van der Waals surface area contributed by atoms with Crippen molar-refractivity contribution in [3.8, 4) is 5.75 Å². The van der Waals surface area contributed by atoms with E-state index < -0.39 is 6.10 Å².